The van der Waals surface area contributed by atoms with Crippen LogP contribution in [0.2, 0.25) is 0 Å². The lowest BCUT2D eigenvalue weighted by Crippen LogP contribution is -2.38. The predicted molar refractivity (Wildman–Crippen MR) is 121 cm³/mol. The highest BCUT2D eigenvalue weighted by molar-refractivity contribution is 14.1. The van der Waals surface area contributed by atoms with Crippen molar-refractivity contribution in [2.24, 2.45) is 5.92 Å². The molecule has 3 rings (SSSR count). The summed E-state index contributed by atoms with van der Waals surface area (Å²) in [5, 5.41) is 9.57. The van der Waals surface area contributed by atoms with Crippen molar-refractivity contribution in [2.75, 3.05) is 12.0 Å². The van der Waals surface area contributed by atoms with Crippen LogP contribution in [0, 0.1) is 9.49 Å². The molecule has 9 nitrogen and oxygen atoms in total. The van der Waals surface area contributed by atoms with Crippen LogP contribution in [0.3, 0.4) is 0 Å². The number of carboxylic acids is 1. The number of hydrogen-bond acceptors (Lipinski definition) is 6. The van der Waals surface area contributed by atoms with Gasteiger partial charge in [-0.05, 0) is 47.7 Å². The zero-order valence-electron chi connectivity index (χ0n) is 16.4. The molecular weight excluding hydrogens is 517 g/mol. The number of esters is 1. The number of nitrogens with one attached hydrogen (secondary N) is 1. The highest BCUT2D eigenvalue weighted by Crippen LogP contribution is 2.19. The van der Waals surface area contributed by atoms with E-state index in [1.54, 1.807) is 42.5 Å². The number of halogens is 1. The minimum absolute atomic E-state index is 0.0188. The Labute approximate surface area is 190 Å². The van der Waals surface area contributed by atoms with Crippen LogP contribution in [-0.4, -0.2) is 39.2 Å². The highest BCUT2D eigenvalue weighted by Gasteiger charge is 2.31. The summed E-state index contributed by atoms with van der Waals surface area (Å²) in [5.41, 5.74) is 2.89. The molecule has 0 saturated carbocycles. The zero-order valence-corrected chi connectivity index (χ0v) is 18.5. The summed E-state index contributed by atoms with van der Waals surface area (Å²) in [6.07, 6.45) is -0.695. The third-order valence-electron chi connectivity index (χ3n) is 4.36. The smallest absolute Gasteiger partial charge is 0.320 e. The number of rotatable bonds is 7. The molecule has 0 aliphatic rings. The zero-order chi connectivity index (χ0) is 22.5. The van der Waals surface area contributed by atoms with Gasteiger partial charge in [0.1, 0.15) is 0 Å². The van der Waals surface area contributed by atoms with Gasteiger partial charge in [0.05, 0.1) is 23.9 Å². The normalized spacial score (nSPS) is 11.7. The molecular formula is C21H18IN3O6. The average Bonchev–Trinajstić information content (AvgIpc) is 2.74. The summed E-state index contributed by atoms with van der Waals surface area (Å²) in [6.45, 7) is 1.51. The van der Waals surface area contributed by atoms with Crippen molar-refractivity contribution in [3.8, 4) is 11.4 Å². The summed E-state index contributed by atoms with van der Waals surface area (Å²) in [4.78, 5) is 53.6. The molecule has 2 aromatic carbocycles. The maximum Gasteiger partial charge on any atom is 0.320 e. The summed E-state index contributed by atoms with van der Waals surface area (Å²) in [6, 6.07) is 13.9. The van der Waals surface area contributed by atoms with Crippen LogP contribution < -0.4 is 11.0 Å². The molecule has 1 amide bonds. The van der Waals surface area contributed by atoms with Crippen LogP contribution >= 0.6 is 22.6 Å². The lowest BCUT2D eigenvalue weighted by molar-refractivity contribution is -0.159. The van der Waals surface area contributed by atoms with Gasteiger partial charge in [-0.1, -0.05) is 30.3 Å². The number of amides is 1. The second-order valence-electron chi connectivity index (χ2n) is 6.49. The van der Waals surface area contributed by atoms with Gasteiger partial charge >= 0.3 is 11.9 Å². The minimum atomic E-state index is -1.69. The number of carboxylic acid groups (broad SMARTS) is 1. The molecule has 160 valence electrons. The van der Waals surface area contributed by atoms with Crippen LogP contribution in [0.4, 0.5) is 0 Å². The van der Waals surface area contributed by atoms with Gasteiger partial charge in [0, 0.05) is 9.13 Å². The van der Waals surface area contributed by atoms with Crippen molar-refractivity contribution in [2.45, 2.75) is 13.3 Å². The lowest BCUT2D eigenvalue weighted by atomic mass is 10.1. The molecule has 2 N–H and O–H groups in total. The molecule has 0 aliphatic carbocycles. The summed E-state index contributed by atoms with van der Waals surface area (Å²) >= 11 is 2.06. The number of hydrogen-bond donors (Lipinski definition) is 2. The average molecular weight is 535 g/mol. The van der Waals surface area contributed by atoms with E-state index in [0.29, 0.717) is 11.1 Å². The van der Waals surface area contributed by atoms with Crippen LogP contribution in [0.25, 0.3) is 22.3 Å². The van der Waals surface area contributed by atoms with Crippen molar-refractivity contribution in [3.63, 3.8) is 0 Å². The largest absolute Gasteiger partial charge is 0.481 e. The van der Waals surface area contributed by atoms with E-state index in [9.17, 15) is 24.3 Å². The molecule has 1 atom stereocenters. The Balaban J connectivity index is 2.04. The van der Waals surface area contributed by atoms with Crippen molar-refractivity contribution in [1.29, 1.82) is 0 Å². The number of fused-ring (bicyclic) bond motifs is 1. The molecule has 1 unspecified atom stereocenters. The molecule has 0 spiro atoms. The minimum Gasteiger partial charge on any atom is -0.481 e. The lowest BCUT2D eigenvalue weighted by Gasteiger charge is -2.16. The standard InChI is InChI=1S/C21H18IN3O6/c1-2-31-21(30)15(20(28)29)11-17(26)24-25-18(12-6-4-3-5-7-12)23-16-9-8-13(22)10-14(16)19(25)27/h3-10,15H,2,11H2,1H3,(H,24,26)(H,28,29). The topological polar surface area (TPSA) is 128 Å². The van der Waals surface area contributed by atoms with E-state index in [0.717, 1.165) is 8.25 Å². The van der Waals surface area contributed by atoms with Crippen molar-refractivity contribution >= 4 is 51.3 Å². The van der Waals surface area contributed by atoms with Gasteiger partial charge in [-0.25, -0.2) is 4.98 Å². The summed E-state index contributed by atoms with van der Waals surface area (Å²) in [5.74, 6) is -4.87. The molecule has 3 aromatic rings. The fraction of sp³-hybridized carbons (Fsp3) is 0.190. The Bertz CT molecular complexity index is 1210. The molecule has 1 aromatic heterocycles. The first-order valence-corrected chi connectivity index (χ1v) is 10.4. The van der Waals surface area contributed by atoms with Gasteiger partial charge < -0.3 is 9.84 Å². The molecule has 0 aliphatic heterocycles. The van der Waals surface area contributed by atoms with E-state index in [1.807, 2.05) is 6.07 Å². The van der Waals surface area contributed by atoms with Gasteiger partial charge in [-0.2, -0.15) is 4.68 Å². The van der Waals surface area contributed by atoms with E-state index in [4.69, 9.17) is 4.74 Å². The highest BCUT2D eigenvalue weighted by atomic mass is 127. The number of nitrogens with zero attached hydrogens (tertiary/aromatic N) is 2. The number of carbonyl (C=O) groups excluding carboxylic acids is 2. The molecule has 0 saturated heterocycles. The first kappa shape index (κ1) is 22.4. The molecule has 31 heavy (non-hydrogen) atoms. The number of aliphatic carboxylic acids is 1. The van der Waals surface area contributed by atoms with Crippen LogP contribution in [0.5, 0.6) is 0 Å². The van der Waals surface area contributed by atoms with Crippen LogP contribution in [-0.2, 0) is 19.1 Å². The fourth-order valence-electron chi connectivity index (χ4n) is 2.91. The van der Waals surface area contributed by atoms with Crippen molar-refractivity contribution in [3.05, 3.63) is 62.5 Å². The third-order valence-corrected chi connectivity index (χ3v) is 5.03. The second-order valence-corrected chi connectivity index (χ2v) is 7.73. The van der Waals surface area contributed by atoms with Gasteiger partial charge in [-0.3, -0.25) is 24.6 Å². The van der Waals surface area contributed by atoms with Gasteiger partial charge in [0.25, 0.3) is 5.56 Å². The Morgan fingerprint density at radius 1 is 1.19 bits per heavy atom. The van der Waals surface area contributed by atoms with Gasteiger partial charge in [0.2, 0.25) is 5.91 Å². The van der Waals surface area contributed by atoms with E-state index < -0.39 is 35.7 Å². The molecule has 0 radical (unpaired) electrons. The Morgan fingerprint density at radius 2 is 1.90 bits per heavy atom. The van der Waals surface area contributed by atoms with Crippen molar-refractivity contribution < 1.29 is 24.2 Å². The number of aromatic nitrogens is 2. The third kappa shape index (κ3) is 5.08. The first-order chi connectivity index (χ1) is 14.8. The van der Waals surface area contributed by atoms with E-state index >= 15 is 0 Å². The Kier molecular flexibility index (Phi) is 7.00. The second kappa shape index (κ2) is 9.69. The van der Waals surface area contributed by atoms with Crippen LogP contribution in [0.1, 0.15) is 13.3 Å². The van der Waals surface area contributed by atoms with E-state index in [1.165, 1.54) is 6.92 Å². The Hall–Kier alpha value is -3.28. The monoisotopic (exact) mass is 535 g/mol. The maximum absolute atomic E-state index is 13.2. The van der Waals surface area contributed by atoms with Gasteiger partial charge in [0.15, 0.2) is 11.7 Å². The van der Waals surface area contributed by atoms with E-state index in [2.05, 4.69) is 33.0 Å². The predicted octanol–water partition coefficient (Wildman–Crippen LogP) is 2.39. The van der Waals surface area contributed by atoms with Gasteiger partial charge in [-0.15, -0.1) is 0 Å². The number of benzene rings is 2. The Morgan fingerprint density at radius 3 is 2.55 bits per heavy atom. The maximum atomic E-state index is 13.2. The molecule has 0 fully saturated rings. The summed E-state index contributed by atoms with van der Waals surface area (Å²) < 4.78 is 6.50. The fourth-order valence-corrected chi connectivity index (χ4v) is 3.40. The molecule has 1 heterocycles. The number of carbonyl (C=O) groups is 3. The molecule has 0 bridgehead atoms. The molecule has 10 heteroatoms. The van der Waals surface area contributed by atoms with Crippen LogP contribution in [0.15, 0.2) is 53.3 Å². The van der Waals surface area contributed by atoms with E-state index in [-0.39, 0.29) is 17.8 Å². The first-order valence-electron chi connectivity index (χ1n) is 9.28. The SMILES string of the molecule is CCOC(=O)C(CC(=O)Nn1c(-c2ccccc2)nc2ccc(I)cc2c1=O)C(=O)O. The summed E-state index contributed by atoms with van der Waals surface area (Å²) in [7, 11) is 0. The quantitative estimate of drug-likeness (QED) is 0.270. The van der Waals surface area contributed by atoms with Crippen molar-refractivity contribution in [1.82, 2.24) is 9.66 Å². The number of ether oxygens (including phenoxy) is 1.